The number of rotatable bonds is 9. The molecule has 0 aliphatic rings. The lowest BCUT2D eigenvalue weighted by Crippen LogP contribution is -2.24. The van der Waals surface area contributed by atoms with Crippen LogP contribution in [0.3, 0.4) is 0 Å². The van der Waals surface area contributed by atoms with Gasteiger partial charge in [-0.15, -0.1) is 0 Å². The molecule has 0 saturated heterocycles. The summed E-state index contributed by atoms with van der Waals surface area (Å²) in [6.07, 6.45) is 1.01. The van der Waals surface area contributed by atoms with E-state index < -0.39 is 0 Å². The predicted molar refractivity (Wildman–Crippen MR) is 162 cm³/mol. The molecule has 2 nitrogen and oxygen atoms in total. The Kier molecular flexibility index (Phi) is 8.62. The van der Waals surface area contributed by atoms with E-state index in [0.29, 0.717) is 15.2 Å². The molecular formula is C34H38NOP. The zero-order chi connectivity index (χ0) is 26.4. The number of nitrogens with zero attached hydrogens (tertiary/aromatic N) is 1. The number of aliphatic imine (C=N–C) groups is 1. The Morgan fingerprint density at radius 3 is 2.19 bits per heavy atom. The molecule has 2 unspecified atom stereocenters. The van der Waals surface area contributed by atoms with Crippen molar-refractivity contribution in [1.29, 1.82) is 0 Å². The topological polar surface area (TPSA) is 21.6 Å². The molecule has 4 aromatic rings. The van der Waals surface area contributed by atoms with E-state index in [1.165, 1.54) is 38.7 Å². The van der Waals surface area contributed by atoms with Crippen molar-refractivity contribution in [3.05, 3.63) is 124 Å². The molecule has 190 valence electrons. The summed E-state index contributed by atoms with van der Waals surface area (Å²) in [5.41, 5.74) is 9.54. The minimum atomic E-state index is -0.0727. The molecule has 0 aliphatic heterocycles. The average molecular weight is 508 g/mol. The Morgan fingerprint density at radius 1 is 0.838 bits per heavy atom. The van der Waals surface area contributed by atoms with Crippen molar-refractivity contribution in [2.75, 3.05) is 0 Å². The molecule has 0 spiro atoms. The van der Waals surface area contributed by atoms with Gasteiger partial charge in [-0.1, -0.05) is 107 Å². The van der Waals surface area contributed by atoms with Crippen molar-refractivity contribution >= 4 is 25.3 Å². The Labute approximate surface area is 224 Å². The fraction of sp³-hybridized carbons (Fsp3) is 0.265. The van der Waals surface area contributed by atoms with Crippen molar-refractivity contribution in [1.82, 2.24) is 0 Å². The fourth-order valence-electron chi connectivity index (χ4n) is 4.80. The van der Waals surface area contributed by atoms with Crippen molar-refractivity contribution < 1.29 is 4.74 Å². The van der Waals surface area contributed by atoms with Gasteiger partial charge in [0.25, 0.3) is 0 Å². The first kappa shape index (κ1) is 26.8. The van der Waals surface area contributed by atoms with Gasteiger partial charge in [0.1, 0.15) is 12.4 Å². The fourth-order valence-corrected chi connectivity index (χ4v) is 6.53. The van der Waals surface area contributed by atoms with E-state index in [2.05, 4.69) is 108 Å². The lowest BCUT2D eigenvalue weighted by molar-refractivity contribution is 0.297. The van der Waals surface area contributed by atoms with Crippen molar-refractivity contribution in [3.8, 4) is 5.75 Å². The summed E-state index contributed by atoms with van der Waals surface area (Å²) in [5.74, 6) is 1.02. The molecule has 37 heavy (non-hydrogen) atoms. The molecule has 3 heteroatoms. The lowest BCUT2D eigenvalue weighted by atomic mass is 9.92. The molecule has 4 rings (SSSR count). The molecular weight excluding hydrogens is 469 g/mol. The van der Waals surface area contributed by atoms with Crippen LogP contribution in [-0.4, -0.2) is 5.71 Å². The van der Waals surface area contributed by atoms with Gasteiger partial charge < -0.3 is 4.74 Å². The van der Waals surface area contributed by atoms with E-state index in [9.17, 15) is 0 Å². The lowest BCUT2D eigenvalue weighted by Gasteiger charge is -2.33. The number of aryl methyl sites for hydroxylation is 3. The number of ether oxygens (including phenoxy) is 1. The van der Waals surface area contributed by atoms with Crippen LogP contribution in [0.15, 0.2) is 96.0 Å². The van der Waals surface area contributed by atoms with Crippen LogP contribution in [0.4, 0.5) is 5.69 Å². The highest BCUT2D eigenvalue weighted by molar-refractivity contribution is 7.49. The first-order valence-corrected chi connectivity index (χ1v) is 14.1. The van der Waals surface area contributed by atoms with Crippen LogP contribution < -0.4 is 10.0 Å². The first-order valence-electron chi connectivity index (χ1n) is 13.1. The molecule has 0 aliphatic carbocycles. The van der Waals surface area contributed by atoms with Gasteiger partial charge in [-0.05, 0) is 68.2 Å². The van der Waals surface area contributed by atoms with Crippen molar-refractivity contribution in [3.63, 3.8) is 0 Å². The monoisotopic (exact) mass is 507 g/mol. The third-order valence-electron chi connectivity index (χ3n) is 7.06. The normalized spacial score (nSPS) is 13.6. The second-order valence-electron chi connectivity index (χ2n) is 10.1. The quantitative estimate of drug-likeness (QED) is 0.164. The summed E-state index contributed by atoms with van der Waals surface area (Å²) in [5, 5.41) is 1.31. The van der Waals surface area contributed by atoms with Crippen LogP contribution in [0.25, 0.3) is 0 Å². The molecule has 4 aromatic carbocycles. The van der Waals surface area contributed by atoms with Gasteiger partial charge in [-0.2, -0.15) is 0 Å². The van der Waals surface area contributed by atoms with Crippen molar-refractivity contribution in [2.24, 2.45) is 4.99 Å². The second-order valence-corrected chi connectivity index (χ2v) is 11.9. The van der Waals surface area contributed by atoms with Crippen LogP contribution in [0.1, 0.15) is 60.6 Å². The summed E-state index contributed by atoms with van der Waals surface area (Å²) < 4.78 is 6.56. The van der Waals surface area contributed by atoms with Crippen LogP contribution in [0.5, 0.6) is 5.75 Å². The maximum Gasteiger partial charge on any atom is 0.126 e. The highest BCUT2D eigenvalue weighted by Gasteiger charge is 2.31. The maximum atomic E-state index is 6.56. The molecule has 0 N–H and O–H groups in total. The Bertz CT molecular complexity index is 1380. The van der Waals surface area contributed by atoms with E-state index in [0.717, 1.165) is 23.6 Å². The summed E-state index contributed by atoms with van der Waals surface area (Å²) in [6, 6.07) is 31.8. The molecule has 0 aromatic heterocycles. The molecule has 0 bridgehead atoms. The van der Waals surface area contributed by atoms with Gasteiger partial charge in [0.2, 0.25) is 0 Å². The standard InChI is InChI=1S/C34H38NOP/c1-7-34(6,31-22-24(2)21-26(4)32(31)36-23-28-16-10-8-11-17-28)37-33-25(3)15-14-20-30(33)27(5)35-29-18-12-9-13-19-29/h8-22,37H,7,23H2,1-6H3. The average Bonchev–Trinajstić information content (AvgIpc) is 2.90. The van der Waals surface area contributed by atoms with Crippen LogP contribution in [-0.2, 0) is 11.8 Å². The zero-order valence-corrected chi connectivity index (χ0v) is 23.9. The van der Waals surface area contributed by atoms with E-state index in [1.54, 1.807) is 0 Å². The Balaban J connectivity index is 1.75. The van der Waals surface area contributed by atoms with E-state index >= 15 is 0 Å². The Hall–Kier alpha value is -3.22. The van der Waals surface area contributed by atoms with Crippen LogP contribution >= 0.6 is 8.58 Å². The van der Waals surface area contributed by atoms with Crippen LogP contribution in [0, 0.1) is 20.8 Å². The summed E-state index contributed by atoms with van der Waals surface area (Å²) in [6.45, 7) is 14.0. The smallest absolute Gasteiger partial charge is 0.126 e. The molecule has 2 atom stereocenters. The number of para-hydroxylation sites is 1. The predicted octanol–water partition coefficient (Wildman–Crippen LogP) is 8.96. The van der Waals surface area contributed by atoms with Gasteiger partial charge in [-0.3, -0.25) is 4.99 Å². The minimum Gasteiger partial charge on any atom is -0.488 e. The highest BCUT2D eigenvalue weighted by atomic mass is 31.1. The van der Waals surface area contributed by atoms with Crippen LogP contribution in [0.2, 0.25) is 0 Å². The number of hydrogen-bond acceptors (Lipinski definition) is 2. The number of benzene rings is 4. The first-order chi connectivity index (χ1) is 17.8. The summed E-state index contributed by atoms with van der Waals surface area (Å²) in [7, 11) is 0.576. The van der Waals surface area contributed by atoms with E-state index in [-0.39, 0.29) is 5.16 Å². The molecule has 0 heterocycles. The number of hydrogen-bond donors (Lipinski definition) is 0. The molecule has 0 saturated carbocycles. The zero-order valence-electron chi connectivity index (χ0n) is 22.9. The van der Waals surface area contributed by atoms with E-state index in [1.807, 2.05) is 24.3 Å². The molecule has 0 amide bonds. The second kappa shape index (κ2) is 11.9. The molecule has 0 fully saturated rings. The molecule has 0 radical (unpaired) electrons. The third kappa shape index (κ3) is 6.38. The summed E-state index contributed by atoms with van der Waals surface area (Å²) >= 11 is 0. The van der Waals surface area contributed by atoms with Gasteiger partial charge >= 0.3 is 0 Å². The van der Waals surface area contributed by atoms with Gasteiger partial charge in [0.15, 0.2) is 0 Å². The van der Waals surface area contributed by atoms with Gasteiger partial charge in [-0.25, -0.2) is 0 Å². The maximum absolute atomic E-state index is 6.56. The van der Waals surface area contributed by atoms with Gasteiger partial charge in [0.05, 0.1) is 5.69 Å². The summed E-state index contributed by atoms with van der Waals surface area (Å²) in [4.78, 5) is 4.96. The SMILES string of the molecule is CCC(C)(Pc1c(C)cccc1C(C)=Nc1ccccc1)c1cc(C)cc(C)c1OCc1ccccc1. The largest absolute Gasteiger partial charge is 0.488 e. The minimum absolute atomic E-state index is 0.0727. The Morgan fingerprint density at radius 2 is 1.51 bits per heavy atom. The highest BCUT2D eigenvalue weighted by Crippen LogP contribution is 2.49. The van der Waals surface area contributed by atoms with E-state index in [4.69, 9.17) is 9.73 Å². The van der Waals surface area contributed by atoms with Gasteiger partial charge in [0, 0.05) is 22.0 Å². The van der Waals surface area contributed by atoms with Crippen molar-refractivity contribution in [2.45, 2.75) is 59.7 Å². The third-order valence-corrected chi connectivity index (χ3v) is 9.15.